The Kier molecular flexibility index (Phi) is 4.42. The Balaban J connectivity index is 1.49. The lowest BCUT2D eigenvalue weighted by Crippen LogP contribution is -2.00. The number of benzene rings is 1. The first-order valence-corrected chi connectivity index (χ1v) is 9.26. The highest BCUT2D eigenvalue weighted by Gasteiger charge is 2.10. The van der Waals surface area contributed by atoms with E-state index in [1.54, 1.807) is 12.4 Å². The van der Waals surface area contributed by atoms with Gasteiger partial charge in [-0.05, 0) is 36.4 Å². The Labute approximate surface area is 167 Å². The van der Waals surface area contributed by atoms with Crippen LogP contribution >= 0.6 is 0 Å². The summed E-state index contributed by atoms with van der Waals surface area (Å²) in [5.74, 6) is 1.45. The van der Waals surface area contributed by atoms with Gasteiger partial charge < -0.3 is 9.72 Å². The average molecular weight is 379 g/mol. The van der Waals surface area contributed by atoms with Crippen LogP contribution in [0.4, 0.5) is 0 Å². The van der Waals surface area contributed by atoms with E-state index in [2.05, 4.69) is 19.9 Å². The Morgan fingerprint density at radius 3 is 1.97 bits per heavy atom. The molecular weight excluding hydrogens is 362 g/mol. The zero-order valence-electron chi connectivity index (χ0n) is 15.5. The number of rotatable bonds is 5. The molecule has 0 atom stereocenters. The van der Waals surface area contributed by atoms with E-state index in [1.165, 1.54) is 0 Å². The minimum absolute atomic E-state index is 0.321. The molecule has 29 heavy (non-hydrogen) atoms. The first-order valence-electron chi connectivity index (χ1n) is 9.26. The van der Waals surface area contributed by atoms with Crippen LogP contribution in [0, 0.1) is 0 Å². The quantitative estimate of drug-likeness (QED) is 0.481. The minimum Gasteiger partial charge on any atom is -0.486 e. The van der Waals surface area contributed by atoms with Crippen LogP contribution in [0.3, 0.4) is 0 Å². The van der Waals surface area contributed by atoms with Gasteiger partial charge in [0.25, 0.3) is 0 Å². The van der Waals surface area contributed by atoms with E-state index < -0.39 is 0 Å². The van der Waals surface area contributed by atoms with E-state index in [0.717, 1.165) is 39.6 Å². The third-order valence-electron chi connectivity index (χ3n) is 4.47. The van der Waals surface area contributed by atoms with E-state index in [4.69, 9.17) is 9.72 Å². The molecule has 5 aromatic rings. The Morgan fingerprint density at radius 2 is 1.34 bits per heavy atom. The Bertz CT molecular complexity index is 1160. The molecule has 0 saturated heterocycles. The van der Waals surface area contributed by atoms with Gasteiger partial charge in [-0.15, -0.1) is 0 Å². The Morgan fingerprint density at radius 1 is 0.690 bits per heavy atom. The second kappa shape index (κ2) is 7.52. The Hall–Kier alpha value is -4.06. The number of para-hydroxylation sites is 2. The molecule has 0 aliphatic heterocycles. The molecule has 0 saturated carbocycles. The maximum atomic E-state index is 6.06. The summed E-state index contributed by atoms with van der Waals surface area (Å²) in [6, 6.07) is 23.2. The maximum Gasteiger partial charge on any atom is 0.146 e. The number of ether oxygens (including phenoxy) is 1. The maximum absolute atomic E-state index is 6.06. The molecule has 0 spiro atoms. The van der Waals surface area contributed by atoms with Crippen LogP contribution in [0.15, 0.2) is 85.2 Å². The molecule has 0 radical (unpaired) electrons. The van der Waals surface area contributed by atoms with Crippen molar-refractivity contribution in [3.8, 4) is 28.5 Å². The number of nitrogens with one attached hydrogen (secondary N) is 1. The summed E-state index contributed by atoms with van der Waals surface area (Å²) in [7, 11) is 0. The van der Waals surface area contributed by atoms with Gasteiger partial charge in [0.15, 0.2) is 0 Å². The normalized spacial score (nSPS) is 10.9. The summed E-state index contributed by atoms with van der Waals surface area (Å²) < 4.78 is 6.06. The molecule has 0 unspecified atom stereocenters. The lowest BCUT2D eigenvalue weighted by Gasteiger charge is -2.09. The predicted octanol–water partition coefficient (Wildman–Crippen LogP) is 4.66. The van der Waals surface area contributed by atoms with Crippen LogP contribution in [0.5, 0.6) is 5.75 Å². The molecule has 0 aliphatic carbocycles. The standard InChI is InChI=1S/C23H17N5O/c1-2-10-20-19(9-1)27-23(28-20)15-29-16-13-21(17-7-3-5-11-24-17)26-22(14-16)18-8-4-6-12-25-18/h1-14H,15H2,(H,27,28). The highest BCUT2D eigenvalue weighted by Crippen LogP contribution is 2.27. The number of nitrogens with zero attached hydrogens (tertiary/aromatic N) is 4. The van der Waals surface area contributed by atoms with Crippen LogP contribution in [0.2, 0.25) is 0 Å². The third kappa shape index (κ3) is 3.68. The van der Waals surface area contributed by atoms with E-state index in [1.807, 2.05) is 72.8 Å². The molecule has 140 valence electrons. The van der Waals surface area contributed by atoms with Crippen molar-refractivity contribution in [3.63, 3.8) is 0 Å². The largest absolute Gasteiger partial charge is 0.486 e. The van der Waals surface area contributed by atoms with Crippen LogP contribution < -0.4 is 4.74 Å². The van der Waals surface area contributed by atoms with Gasteiger partial charge in [-0.1, -0.05) is 24.3 Å². The summed E-state index contributed by atoms with van der Waals surface area (Å²) in [5, 5.41) is 0. The molecule has 6 heteroatoms. The zero-order valence-corrected chi connectivity index (χ0v) is 15.5. The first-order chi connectivity index (χ1) is 14.3. The molecular formula is C23H17N5O. The van der Waals surface area contributed by atoms with Gasteiger partial charge in [-0.2, -0.15) is 0 Å². The molecule has 0 amide bonds. The van der Waals surface area contributed by atoms with Crippen molar-refractivity contribution in [2.24, 2.45) is 0 Å². The lowest BCUT2D eigenvalue weighted by molar-refractivity contribution is 0.297. The lowest BCUT2D eigenvalue weighted by atomic mass is 10.2. The second-order valence-electron chi connectivity index (χ2n) is 6.49. The molecule has 4 aromatic heterocycles. The summed E-state index contributed by atoms with van der Waals surface area (Å²) in [6.45, 7) is 0.321. The van der Waals surface area contributed by atoms with Crippen molar-refractivity contribution in [2.75, 3.05) is 0 Å². The minimum atomic E-state index is 0.321. The van der Waals surface area contributed by atoms with Gasteiger partial charge in [-0.3, -0.25) is 9.97 Å². The van der Waals surface area contributed by atoms with Crippen LogP contribution in [0.25, 0.3) is 33.8 Å². The van der Waals surface area contributed by atoms with Gasteiger partial charge in [0.05, 0.1) is 33.8 Å². The van der Waals surface area contributed by atoms with Gasteiger partial charge in [0.2, 0.25) is 0 Å². The zero-order chi connectivity index (χ0) is 19.5. The molecule has 0 aliphatic rings. The van der Waals surface area contributed by atoms with Crippen LogP contribution in [-0.4, -0.2) is 24.9 Å². The summed E-state index contributed by atoms with van der Waals surface area (Å²) >= 11 is 0. The van der Waals surface area contributed by atoms with E-state index >= 15 is 0 Å². The summed E-state index contributed by atoms with van der Waals surface area (Å²) in [6.07, 6.45) is 3.50. The topological polar surface area (TPSA) is 76.6 Å². The number of H-pyrrole nitrogens is 1. The van der Waals surface area contributed by atoms with Crippen molar-refractivity contribution in [1.29, 1.82) is 0 Å². The van der Waals surface area contributed by atoms with Crippen LogP contribution in [0.1, 0.15) is 5.82 Å². The average Bonchev–Trinajstić information content (AvgIpc) is 3.22. The number of imidazole rings is 1. The fourth-order valence-corrected chi connectivity index (χ4v) is 3.11. The summed E-state index contributed by atoms with van der Waals surface area (Å²) in [5.41, 5.74) is 4.92. The fraction of sp³-hybridized carbons (Fsp3) is 0.0435. The van der Waals surface area contributed by atoms with Gasteiger partial charge in [0, 0.05) is 24.5 Å². The monoisotopic (exact) mass is 379 g/mol. The van der Waals surface area contributed by atoms with Crippen molar-refractivity contribution in [3.05, 3.63) is 91.0 Å². The van der Waals surface area contributed by atoms with Crippen molar-refractivity contribution in [2.45, 2.75) is 6.61 Å². The molecule has 1 aromatic carbocycles. The van der Waals surface area contributed by atoms with Crippen molar-refractivity contribution < 1.29 is 4.74 Å². The smallest absolute Gasteiger partial charge is 0.146 e. The first kappa shape index (κ1) is 17.1. The third-order valence-corrected chi connectivity index (χ3v) is 4.47. The summed E-state index contributed by atoms with van der Waals surface area (Å²) in [4.78, 5) is 21.4. The number of aromatic nitrogens is 5. The van der Waals surface area contributed by atoms with E-state index in [9.17, 15) is 0 Å². The number of hydrogen-bond acceptors (Lipinski definition) is 5. The molecule has 6 nitrogen and oxygen atoms in total. The number of fused-ring (bicyclic) bond motifs is 1. The van der Waals surface area contributed by atoms with Crippen LogP contribution in [-0.2, 0) is 6.61 Å². The van der Waals surface area contributed by atoms with Gasteiger partial charge in [-0.25, -0.2) is 9.97 Å². The SMILES string of the molecule is c1ccc(-c2cc(OCc3nc4ccccc4[nH]3)cc(-c3ccccn3)n2)nc1. The molecule has 1 N–H and O–H groups in total. The van der Waals surface area contributed by atoms with E-state index in [-0.39, 0.29) is 0 Å². The highest BCUT2D eigenvalue weighted by molar-refractivity contribution is 5.74. The molecule has 0 fully saturated rings. The van der Waals surface area contributed by atoms with Crippen molar-refractivity contribution >= 4 is 11.0 Å². The number of hydrogen-bond donors (Lipinski definition) is 1. The van der Waals surface area contributed by atoms with Crippen molar-refractivity contribution in [1.82, 2.24) is 24.9 Å². The molecule has 0 bridgehead atoms. The number of aromatic amines is 1. The number of pyridine rings is 3. The van der Waals surface area contributed by atoms with E-state index in [0.29, 0.717) is 12.4 Å². The molecule has 4 heterocycles. The highest BCUT2D eigenvalue weighted by atomic mass is 16.5. The second-order valence-corrected chi connectivity index (χ2v) is 6.49. The molecule has 5 rings (SSSR count). The van der Waals surface area contributed by atoms with Gasteiger partial charge >= 0.3 is 0 Å². The van der Waals surface area contributed by atoms with Gasteiger partial charge in [0.1, 0.15) is 18.2 Å². The predicted molar refractivity (Wildman–Crippen MR) is 111 cm³/mol. The fourth-order valence-electron chi connectivity index (χ4n) is 3.11.